The number of thioether (sulfide) groups is 1. The lowest BCUT2D eigenvalue weighted by Crippen LogP contribution is -2.28. The van der Waals surface area contributed by atoms with Crippen LogP contribution >= 0.6 is 11.8 Å². The van der Waals surface area contributed by atoms with Gasteiger partial charge in [-0.05, 0) is 24.6 Å². The van der Waals surface area contributed by atoms with Crippen LogP contribution in [0.4, 0.5) is 0 Å². The molecular weight excluding hydrogens is 468 g/mol. The summed E-state index contributed by atoms with van der Waals surface area (Å²) in [6.45, 7) is 1.84. The first kappa shape index (κ1) is 23.7. The van der Waals surface area contributed by atoms with Crippen molar-refractivity contribution in [2.24, 2.45) is 5.14 Å². The number of hydrogen-bond donors (Lipinski definition) is 3. The fourth-order valence-corrected chi connectivity index (χ4v) is 4.68. The van der Waals surface area contributed by atoms with Gasteiger partial charge in [0.15, 0.2) is 5.16 Å². The summed E-state index contributed by atoms with van der Waals surface area (Å²) >= 11 is 1.32. The van der Waals surface area contributed by atoms with E-state index >= 15 is 0 Å². The summed E-state index contributed by atoms with van der Waals surface area (Å²) in [6, 6.07) is 25.7. The number of benzene rings is 3. The van der Waals surface area contributed by atoms with Gasteiger partial charge in [0.05, 0.1) is 28.1 Å². The first-order valence-electron chi connectivity index (χ1n) is 10.6. The van der Waals surface area contributed by atoms with Crippen molar-refractivity contribution in [1.82, 2.24) is 15.3 Å². The minimum atomic E-state index is -3.75. The van der Waals surface area contributed by atoms with Crippen LogP contribution in [0.5, 0.6) is 0 Å². The molecule has 4 rings (SSSR count). The van der Waals surface area contributed by atoms with E-state index < -0.39 is 10.0 Å². The van der Waals surface area contributed by atoms with Crippen LogP contribution in [0.2, 0.25) is 0 Å². The van der Waals surface area contributed by atoms with E-state index in [4.69, 9.17) is 10.1 Å². The summed E-state index contributed by atoms with van der Waals surface area (Å²) in [4.78, 5) is 20.7. The lowest BCUT2D eigenvalue weighted by molar-refractivity contribution is -0.119. The molecule has 34 heavy (non-hydrogen) atoms. The van der Waals surface area contributed by atoms with Crippen molar-refractivity contribution in [1.29, 1.82) is 0 Å². The number of aromatic nitrogens is 2. The Morgan fingerprint density at radius 2 is 1.56 bits per heavy atom. The Hall–Kier alpha value is -3.40. The number of nitrogens with two attached hydrogens (primary N) is 1. The third-order valence-electron chi connectivity index (χ3n) is 5.22. The van der Waals surface area contributed by atoms with E-state index in [1.807, 2.05) is 67.6 Å². The van der Waals surface area contributed by atoms with Crippen LogP contribution in [0.3, 0.4) is 0 Å². The summed E-state index contributed by atoms with van der Waals surface area (Å²) in [5.41, 5.74) is 4.52. The topological polar surface area (TPSA) is 118 Å². The van der Waals surface area contributed by atoms with Gasteiger partial charge in [0.25, 0.3) is 0 Å². The Balaban J connectivity index is 1.45. The van der Waals surface area contributed by atoms with E-state index in [-0.39, 0.29) is 22.6 Å². The molecule has 0 fully saturated rings. The molecule has 1 atom stereocenters. The van der Waals surface area contributed by atoms with E-state index in [0.717, 1.165) is 28.1 Å². The van der Waals surface area contributed by atoms with E-state index in [2.05, 4.69) is 10.3 Å². The zero-order valence-electron chi connectivity index (χ0n) is 18.4. The summed E-state index contributed by atoms with van der Waals surface area (Å²) < 4.78 is 22.8. The first-order chi connectivity index (χ1) is 16.3. The van der Waals surface area contributed by atoms with E-state index in [0.29, 0.717) is 5.16 Å². The van der Waals surface area contributed by atoms with Crippen molar-refractivity contribution in [3.63, 3.8) is 0 Å². The number of carbonyl (C=O) groups is 1. The highest BCUT2D eigenvalue weighted by Crippen LogP contribution is 2.32. The van der Waals surface area contributed by atoms with Crippen LogP contribution in [-0.4, -0.2) is 30.0 Å². The Kier molecular flexibility index (Phi) is 7.16. The first-order valence-corrected chi connectivity index (χ1v) is 13.1. The summed E-state index contributed by atoms with van der Waals surface area (Å²) in [6.07, 6.45) is 0. The zero-order chi connectivity index (χ0) is 24.1. The van der Waals surface area contributed by atoms with Crippen LogP contribution in [0.1, 0.15) is 18.5 Å². The standard InChI is InChI=1S/C25H24N4O3S2/c1-17(18-12-14-21(15-13-18)34(26,31)32)27-22(30)16-33-25-28-23(19-8-4-2-5-9-19)24(29-25)20-10-6-3-7-11-20/h2-15,17H,16H2,1H3,(H,27,30)(H,28,29)(H2,26,31,32)/t17-/m0/s1. The molecule has 7 nitrogen and oxygen atoms in total. The molecule has 0 spiro atoms. The van der Waals surface area contributed by atoms with Crippen molar-refractivity contribution < 1.29 is 13.2 Å². The smallest absolute Gasteiger partial charge is 0.238 e. The number of H-pyrrole nitrogens is 1. The summed E-state index contributed by atoms with van der Waals surface area (Å²) in [5.74, 6) is 0.0159. The van der Waals surface area contributed by atoms with Crippen molar-refractivity contribution in [2.45, 2.75) is 23.0 Å². The molecule has 1 heterocycles. The molecule has 0 aliphatic heterocycles. The van der Waals surface area contributed by atoms with Crippen molar-refractivity contribution in [3.05, 3.63) is 90.5 Å². The molecule has 4 N–H and O–H groups in total. The van der Waals surface area contributed by atoms with Gasteiger partial charge in [-0.15, -0.1) is 0 Å². The highest BCUT2D eigenvalue weighted by atomic mass is 32.2. The molecule has 0 saturated heterocycles. The average molecular weight is 493 g/mol. The highest BCUT2D eigenvalue weighted by molar-refractivity contribution is 7.99. The van der Waals surface area contributed by atoms with E-state index in [1.54, 1.807) is 12.1 Å². The van der Waals surface area contributed by atoms with Gasteiger partial charge in [-0.3, -0.25) is 4.79 Å². The van der Waals surface area contributed by atoms with E-state index in [1.165, 1.54) is 23.9 Å². The monoisotopic (exact) mass is 492 g/mol. The number of primary sulfonamides is 1. The molecule has 4 aromatic rings. The fourth-order valence-electron chi connectivity index (χ4n) is 3.49. The van der Waals surface area contributed by atoms with E-state index in [9.17, 15) is 13.2 Å². The highest BCUT2D eigenvalue weighted by Gasteiger charge is 2.16. The number of carbonyl (C=O) groups excluding carboxylic acids is 1. The molecule has 0 saturated carbocycles. The van der Waals surface area contributed by atoms with Gasteiger partial charge in [-0.1, -0.05) is 84.6 Å². The maximum Gasteiger partial charge on any atom is 0.238 e. The molecule has 0 radical (unpaired) electrons. The number of nitrogens with one attached hydrogen (secondary N) is 2. The fraction of sp³-hybridized carbons (Fsp3) is 0.120. The largest absolute Gasteiger partial charge is 0.349 e. The average Bonchev–Trinajstić information content (AvgIpc) is 3.28. The molecule has 1 amide bonds. The predicted octanol–water partition coefficient (Wildman–Crippen LogP) is 4.36. The normalized spacial score (nSPS) is 12.3. The van der Waals surface area contributed by atoms with Crippen LogP contribution in [-0.2, 0) is 14.8 Å². The molecule has 0 aliphatic carbocycles. The van der Waals surface area contributed by atoms with Crippen LogP contribution in [0.25, 0.3) is 22.5 Å². The van der Waals surface area contributed by atoms with Crippen molar-refractivity contribution in [3.8, 4) is 22.5 Å². The zero-order valence-corrected chi connectivity index (χ0v) is 20.1. The number of imidazole rings is 1. The van der Waals surface area contributed by atoms with Crippen LogP contribution < -0.4 is 10.5 Å². The van der Waals surface area contributed by atoms with Gasteiger partial charge in [0.2, 0.25) is 15.9 Å². The molecule has 3 aromatic carbocycles. The van der Waals surface area contributed by atoms with Gasteiger partial charge >= 0.3 is 0 Å². The number of nitrogens with zero attached hydrogens (tertiary/aromatic N) is 1. The number of hydrogen-bond acceptors (Lipinski definition) is 5. The number of amides is 1. The summed E-state index contributed by atoms with van der Waals surface area (Å²) in [5, 5.41) is 8.71. The predicted molar refractivity (Wildman–Crippen MR) is 135 cm³/mol. The quantitative estimate of drug-likeness (QED) is 0.316. The maximum absolute atomic E-state index is 12.6. The molecule has 0 unspecified atom stereocenters. The molecular formula is C25H24N4O3S2. The number of sulfonamides is 1. The van der Waals surface area contributed by atoms with Gasteiger partial charge in [0.1, 0.15) is 0 Å². The lowest BCUT2D eigenvalue weighted by Gasteiger charge is -2.14. The Labute approximate surface area is 202 Å². The molecule has 0 aliphatic rings. The molecule has 1 aromatic heterocycles. The molecule has 0 bridgehead atoms. The molecule has 9 heteroatoms. The third kappa shape index (κ3) is 5.74. The maximum atomic E-state index is 12.6. The minimum absolute atomic E-state index is 0.0339. The minimum Gasteiger partial charge on any atom is -0.349 e. The second-order valence-corrected chi connectivity index (χ2v) is 10.2. The molecule has 174 valence electrons. The van der Waals surface area contributed by atoms with Crippen molar-refractivity contribution >= 4 is 27.7 Å². The Morgan fingerprint density at radius 3 is 2.15 bits per heavy atom. The van der Waals surface area contributed by atoms with Gasteiger partial charge in [-0.25, -0.2) is 18.5 Å². The Bertz CT molecular complexity index is 1310. The number of aromatic amines is 1. The van der Waals surface area contributed by atoms with Crippen LogP contribution in [0, 0.1) is 0 Å². The Morgan fingerprint density at radius 1 is 0.971 bits per heavy atom. The second-order valence-electron chi connectivity index (χ2n) is 7.69. The van der Waals surface area contributed by atoms with Crippen LogP contribution in [0.15, 0.2) is 95.0 Å². The number of rotatable bonds is 8. The van der Waals surface area contributed by atoms with Crippen molar-refractivity contribution in [2.75, 3.05) is 5.75 Å². The third-order valence-corrected chi connectivity index (χ3v) is 7.02. The summed E-state index contributed by atoms with van der Waals surface area (Å²) in [7, 11) is -3.75. The van der Waals surface area contributed by atoms with Gasteiger partial charge in [-0.2, -0.15) is 0 Å². The SMILES string of the molecule is C[C@H](NC(=O)CSc1nc(-c2ccccc2)c(-c2ccccc2)[nH]1)c1ccc(S(N)(=O)=O)cc1. The van der Waals surface area contributed by atoms with Gasteiger partial charge in [0, 0.05) is 11.1 Å². The van der Waals surface area contributed by atoms with Gasteiger partial charge < -0.3 is 10.3 Å². The lowest BCUT2D eigenvalue weighted by atomic mass is 10.1. The second kappa shape index (κ2) is 10.3.